The Bertz CT molecular complexity index is 1220. The molecule has 35 heavy (non-hydrogen) atoms. The molecule has 0 atom stereocenters. The molecule has 3 aromatic rings. The average Bonchev–Trinajstić information content (AvgIpc) is 3.30. The lowest BCUT2D eigenvalue weighted by Crippen LogP contribution is -2.21. The molecule has 0 saturated heterocycles. The smallest absolute Gasteiger partial charge is 0.341 e. The van der Waals surface area contributed by atoms with Gasteiger partial charge in [0.15, 0.2) is 10.9 Å². The number of thiophene rings is 1. The molecule has 2 aromatic heterocycles. The minimum Gasteiger partial charge on any atom is -0.462 e. The van der Waals surface area contributed by atoms with Gasteiger partial charge in [-0.3, -0.25) is 4.68 Å². The number of anilines is 2. The van der Waals surface area contributed by atoms with Crippen molar-refractivity contribution in [2.45, 2.75) is 52.0 Å². The summed E-state index contributed by atoms with van der Waals surface area (Å²) in [5, 5.41) is 12.0. The van der Waals surface area contributed by atoms with E-state index < -0.39 is 5.82 Å². The van der Waals surface area contributed by atoms with Crippen LogP contribution in [0.2, 0.25) is 10.0 Å². The van der Waals surface area contributed by atoms with Crippen molar-refractivity contribution in [3.05, 3.63) is 61.8 Å². The Morgan fingerprint density at radius 1 is 1.20 bits per heavy atom. The van der Waals surface area contributed by atoms with E-state index in [2.05, 4.69) is 15.7 Å². The largest absolute Gasteiger partial charge is 0.462 e. The minimum atomic E-state index is -0.421. The van der Waals surface area contributed by atoms with Crippen LogP contribution in [0.3, 0.4) is 0 Å². The molecule has 186 valence electrons. The van der Waals surface area contributed by atoms with E-state index in [-0.39, 0.29) is 17.6 Å². The number of esters is 1. The van der Waals surface area contributed by atoms with Crippen LogP contribution >= 0.6 is 46.8 Å². The third-order valence-corrected chi connectivity index (χ3v) is 7.75. The van der Waals surface area contributed by atoms with Crippen molar-refractivity contribution in [2.24, 2.45) is 0 Å². The van der Waals surface area contributed by atoms with E-state index in [1.165, 1.54) is 33.4 Å². The molecule has 6 nitrogen and oxygen atoms in total. The van der Waals surface area contributed by atoms with Crippen LogP contribution in [0, 0.1) is 5.82 Å². The Morgan fingerprint density at radius 2 is 1.97 bits per heavy atom. The Morgan fingerprint density at radius 3 is 2.71 bits per heavy atom. The molecule has 0 amide bonds. The molecule has 4 rings (SSSR count). The fraction of sp³-hybridized carbons (Fsp3) is 0.375. The topological polar surface area (TPSA) is 68.2 Å². The zero-order valence-electron chi connectivity index (χ0n) is 19.1. The lowest BCUT2D eigenvalue weighted by molar-refractivity contribution is 0.0526. The normalized spacial score (nSPS) is 13.5. The van der Waals surface area contributed by atoms with Crippen LogP contribution in [0.4, 0.5) is 15.2 Å². The number of rotatable bonds is 6. The highest BCUT2D eigenvalue weighted by molar-refractivity contribution is 7.80. The number of aromatic nitrogens is 2. The molecule has 0 saturated carbocycles. The van der Waals surface area contributed by atoms with Gasteiger partial charge < -0.3 is 15.4 Å². The summed E-state index contributed by atoms with van der Waals surface area (Å²) in [5.41, 5.74) is 1.93. The summed E-state index contributed by atoms with van der Waals surface area (Å²) in [6, 6.07) is 4.51. The summed E-state index contributed by atoms with van der Waals surface area (Å²) >= 11 is 19.5. The van der Waals surface area contributed by atoms with E-state index >= 15 is 0 Å². The number of fused-ring (bicyclic) bond motifs is 1. The number of halogens is 3. The number of aryl methyl sites for hydroxylation is 1. The minimum absolute atomic E-state index is 0.109. The van der Waals surface area contributed by atoms with Crippen molar-refractivity contribution in [3.8, 4) is 0 Å². The van der Waals surface area contributed by atoms with Gasteiger partial charge in [0.25, 0.3) is 0 Å². The summed E-state index contributed by atoms with van der Waals surface area (Å²) in [5.74, 6) is -0.459. The van der Waals surface area contributed by atoms with E-state index in [0.29, 0.717) is 38.6 Å². The van der Waals surface area contributed by atoms with Crippen molar-refractivity contribution in [1.29, 1.82) is 0 Å². The molecule has 1 aromatic carbocycles. The summed E-state index contributed by atoms with van der Waals surface area (Å²) in [4.78, 5) is 14.0. The van der Waals surface area contributed by atoms with Crippen LogP contribution in [0.1, 0.15) is 59.0 Å². The van der Waals surface area contributed by atoms with E-state index in [4.69, 9.17) is 40.2 Å². The molecule has 0 bridgehead atoms. The molecule has 1 aliphatic carbocycles. The highest BCUT2D eigenvalue weighted by Crippen LogP contribution is 2.38. The molecule has 1 aliphatic rings. The number of nitrogens with one attached hydrogen (secondary N) is 2. The molecule has 11 heteroatoms. The maximum Gasteiger partial charge on any atom is 0.341 e. The van der Waals surface area contributed by atoms with E-state index in [0.717, 1.165) is 37.7 Å². The van der Waals surface area contributed by atoms with Crippen molar-refractivity contribution < 1.29 is 13.9 Å². The third-order valence-electron chi connectivity index (χ3n) is 5.71. The Balaban J connectivity index is 1.53. The van der Waals surface area contributed by atoms with Crippen LogP contribution in [-0.4, -0.2) is 27.5 Å². The predicted octanol–water partition coefficient (Wildman–Crippen LogP) is 7.08. The van der Waals surface area contributed by atoms with E-state index in [1.807, 2.05) is 0 Å². The molecule has 0 spiro atoms. The molecule has 2 heterocycles. The summed E-state index contributed by atoms with van der Waals surface area (Å²) < 4.78 is 21.0. The lowest BCUT2D eigenvalue weighted by atomic mass is 9.96. The second kappa shape index (κ2) is 11.7. The molecule has 0 fully saturated rings. The van der Waals surface area contributed by atoms with Crippen LogP contribution < -0.4 is 10.6 Å². The molecular formula is C24H25Cl2FN4O2S2. The number of carbonyl (C=O) groups is 1. The van der Waals surface area contributed by atoms with Gasteiger partial charge in [0.05, 0.1) is 18.7 Å². The quantitative estimate of drug-likeness (QED) is 0.250. The maximum absolute atomic E-state index is 14.2. The van der Waals surface area contributed by atoms with Crippen LogP contribution in [-0.2, 0) is 24.1 Å². The Hall–Kier alpha value is -2.20. The third kappa shape index (κ3) is 6.14. The first-order valence-corrected chi connectivity index (χ1v) is 13.4. The number of nitrogens with zero attached hydrogens (tertiary/aromatic N) is 2. The predicted molar refractivity (Wildman–Crippen MR) is 144 cm³/mol. The number of hydrogen-bond donors (Lipinski definition) is 2. The van der Waals surface area contributed by atoms with Crippen LogP contribution in [0.5, 0.6) is 0 Å². The van der Waals surface area contributed by atoms with Crippen LogP contribution in [0.25, 0.3) is 0 Å². The lowest BCUT2D eigenvalue weighted by Gasteiger charge is -2.12. The van der Waals surface area contributed by atoms with Gasteiger partial charge in [-0.25, -0.2) is 9.18 Å². The van der Waals surface area contributed by atoms with E-state index in [1.54, 1.807) is 25.3 Å². The zero-order chi connectivity index (χ0) is 24.9. The fourth-order valence-electron chi connectivity index (χ4n) is 4.08. The van der Waals surface area contributed by atoms with Crippen molar-refractivity contribution in [2.75, 3.05) is 17.2 Å². The second-order valence-electron chi connectivity index (χ2n) is 8.15. The van der Waals surface area contributed by atoms with E-state index in [9.17, 15) is 9.18 Å². The maximum atomic E-state index is 14.2. The molecular weight excluding hydrogens is 530 g/mol. The summed E-state index contributed by atoms with van der Waals surface area (Å²) in [6.07, 6.45) is 7.82. The van der Waals surface area contributed by atoms with Crippen molar-refractivity contribution >= 4 is 68.7 Å². The van der Waals surface area contributed by atoms with Gasteiger partial charge in [-0.05, 0) is 62.5 Å². The highest BCUT2D eigenvalue weighted by Gasteiger charge is 2.26. The first kappa shape index (κ1) is 25.9. The number of ether oxygens (including phenoxy) is 1. The number of thiocarbonyl (C=S) groups is 1. The first-order valence-electron chi connectivity index (χ1n) is 11.4. The monoisotopic (exact) mass is 554 g/mol. The van der Waals surface area contributed by atoms with Crippen LogP contribution in [0.15, 0.2) is 24.4 Å². The first-order chi connectivity index (χ1) is 16.9. The van der Waals surface area contributed by atoms with Crippen molar-refractivity contribution in [3.63, 3.8) is 0 Å². The molecule has 0 unspecified atom stereocenters. The molecule has 0 aliphatic heterocycles. The Kier molecular flexibility index (Phi) is 8.64. The SMILES string of the molecule is CCOC(=O)c1c(NC(=S)Nc2nn(Cc3c(F)cccc3Cl)cc2Cl)sc2c1CCCCCC2. The van der Waals surface area contributed by atoms with Crippen molar-refractivity contribution in [1.82, 2.24) is 9.78 Å². The standard InChI is InChI=1S/C24H25Cl2FN4O2S2/c1-2-33-23(32)20-14-8-5-3-4-6-11-19(14)35-22(20)29-24(34)28-21-17(26)13-31(30-21)12-15-16(25)9-7-10-18(15)27/h7,9-10,13H,2-6,8,11-12H2,1H3,(H2,28,29,30,34). The van der Waals surface area contributed by atoms with Gasteiger partial charge in [0.2, 0.25) is 0 Å². The highest BCUT2D eigenvalue weighted by atomic mass is 35.5. The fourth-order valence-corrected chi connectivity index (χ4v) is 6.04. The number of hydrogen-bond acceptors (Lipinski definition) is 5. The number of benzene rings is 1. The van der Waals surface area contributed by atoms with Gasteiger partial charge >= 0.3 is 5.97 Å². The van der Waals surface area contributed by atoms with Gasteiger partial charge in [0, 0.05) is 21.7 Å². The second-order valence-corrected chi connectivity index (χ2v) is 10.5. The molecule has 2 N–H and O–H groups in total. The summed E-state index contributed by atoms with van der Waals surface area (Å²) in [6.45, 7) is 2.20. The van der Waals surface area contributed by atoms with Gasteiger partial charge in [-0.15, -0.1) is 11.3 Å². The summed E-state index contributed by atoms with van der Waals surface area (Å²) in [7, 11) is 0. The zero-order valence-corrected chi connectivity index (χ0v) is 22.3. The Labute approximate surface area is 222 Å². The van der Waals surface area contributed by atoms with Gasteiger partial charge in [-0.1, -0.05) is 42.1 Å². The average molecular weight is 556 g/mol. The molecule has 0 radical (unpaired) electrons. The van der Waals surface area contributed by atoms with Gasteiger partial charge in [0.1, 0.15) is 15.8 Å². The van der Waals surface area contributed by atoms with Gasteiger partial charge in [-0.2, -0.15) is 5.10 Å². The number of carbonyl (C=O) groups excluding carboxylic acids is 1.